The van der Waals surface area contributed by atoms with Crippen LogP contribution in [0.3, 0.4) is 0 Å². The van der Waals surface area contributed by atoms with Gasteiger partial charge < -0.3 is 17.9 Å². The molecule has 6 heterocycles. The molecule has 0 amide bonds. The van der Waals surface area contributed by atoms with Gasteiger partial charge in [0.2, 0.25) is 0 Å². The molecule has 0 aromatic heterocycles. The summed E-state index contributed by atoms with van der Waals surface area (Å²) in [6.45, 7) is 42.2. The monoisotopic (exact) mass is 774 g/mol. The molecule has 0 aromatic rings. The van der Waals surface area contributed by atoms with Gasteiger partial charge in [-0.2, -0.15) is 0 Å². The molecule has 8 fully saturated rings. The van der Waals surface area contributed by atoms with Gasteiger partial charge in [0.05, 0.1) is 103 Å². The Hall–Kier alpha value is -0.200. The molecule has 6 unspecified atom stereocenters. The Kier molecular flexibility index (Phi) is 15.4. The van der Waals surface area contributed by atoms with Gasteiger partial charge in [-0.1, -0.05) is 27.7 Å². The van der Waals surface area contributed by atoms with Crippen molar-refractivity contribution in [2.45, 2.75) is 229 Å². The van der Waals surface area contributed by atoms with Crippen LogP contribution in [0, 0.1) is 41.4 Å². The quantitative estimate of drug-likeness (QED) is 0.222. The molecule has 6 atom stereocenters. The Labute approximate surface area is 346 Å². The fourth-order valence-electron chi connectivity index (χ4n) is 13.7. The van der Waals surface area contributed by atoms with E-state index >= 15 is 0 Å². The molecule has 55 heavy (non-hydrogen) atoms. The first-order valence-electron chi connectivity index (χ1n) is 24.4. The van der Waals surface area contributed by atoms with Crippen LogP contribution in [-0.4, -0.2) is 144 Å². The Bertz CT molecular complexity index is 1140. The van der Waals surface area contributed by atoms with Gasteiger partial charge >= 0.3 is 0 Å². The molecule has 0 spiro atoms. The van der Waals surface area contributed by atoms with Crippen LogP contribution in [0.1, 0.15) is 162 Å². The van der Waals surface area contributed by atoms with Crippen LogP contribution in [0.5, 0.6) is 0 Å². The number of quaternary nitrogens is 4. The van der Waals surface area contributed by atoms with Crippen LogP contribution in [0.25, 0.3) is 0 Å². The van der Waals surface area contributed by atoms with Crippen molar-refractivity contribution in [3.8, 4) is 0 Å². The molecule has 8 aliphatic rings. The molecule has 0 radical (unpaired) electrons. The van der Waals surface area contributed by atoms with E-state index in [1.165, 1.54) is 84.4 Å². The van der Waals surface area contributed by atoms with Crippen molar-refractivity contribution in [1.29, 1.82) is 0 Å². The second kappa shape index (κ2) is 17.8. The highest BCUT2D eigenvalue weighted by Gasteiger charge is 2.60. The molecule has 8 rings (SSSR count). The van der Waals surface area contributed by atoms with Crippen LogP contribution < -0.4 is 0 Å². The lowest BCUT2D eigenvalue weighted by Gasteiger charge is -2.66. The fraction of sp³-hybridized carbons (Fsp3) is 1.00. The second-order valence-electron chi connectivity index (χ2n) is 24.6. The highest BCUT2D eigenvalue weighted by molar-refractivity contribution is 5.02. The molecule has 5 nitrogen and oxygen atoms in total. The predicted octanol–water partition coefficient (Wildman–Crippen LogP) is 10.6. The van der Waals surface area contributed by atoms with E-state index in [9.17, 15) is 0 Å². The Morgan fingerprint density at radius 3 is 1.20 bits per heavy atom. The minimum atomic E-state index is 0.727. The lowest BCUT2D eigenvalue weighted by Crippen LogP contribution is -2.77. The first-order chi connectivity index (χ1) is 25.2. The zero-order valence-corrected chi connectivity index (χ0v) is 41.4. The zero-order chi connectivity index (χ0) is 41.7. The summed E-state index contributed by atoms with van der Waals surface area (Å²) in [5.74, 6) is 7.01. The largest absolute Gasteiger partial charge is 0.325 e. The van der Waals surface area contributed by atoms with E-state index < -0.39 is 0 Å². The zero-order valence-electron chi connectivity index (χ0n) is 41.4. The second-order valence-corrected chi connectivity index (χ2v) is 24.6. The first kappa shape index (κ1) is 47.5. The maximum Gasteiger partial charge on any atom is 0.0922 e. The Morgan fingerprint density at radius 2 is 0.927 bits per heavy atom. The number of nitrogens with zero attached hydrogens (tertiary/aromatic N) is 5. The SMILES string of the molecule is CC(C)C1CC2CC1C[N+]2(C)C(C)C.CC(C)C1CC2C[N+](C)(C(C)C)CC2C1.CC(C)N1C2CC3CC1CC(C2)[N+]3(C)C(C)C.CC(C)[N+](C)(C)C(C)C. The van der Waals surface area contributed by atoms with E-state index in [0.717, 1.165) is 112 Å². The van der Waals surface area contributed by atoms with Gasteiger partial charge in [-0.25, -0.2) is 0 Å². The van der Waals surface area contributed by atoms with Gasteiger partial charge in [-0.05, 0) is 120 Å². The standard InChI is InChI=1S/C15H29N2.C14H28N.C13H26N.C8H20N/c1-10(2)16-12-6-14-8-13(16)9-15(7-12)17(14,5)11(3)4;1-10(2)12-6-13-8-15(5,11(3)4)9-14(13)7-12;1-9(2)13-7-12-6-11(13)8-14(12,5)10(3)4;1-7(2)9(5,6)8(3)4/h10-15H,6-9H2,1-5H3;10-14H,6-9H2,1-5H3;9-13H,6-8H2,1-5H3;7-8H,1-6H3/q4*+1. The van der Waals surface area contributed by atoms with Crippen molar-refractivity contribution >= 4 is 0 Å². The normalized spacial score (nSPS) is 41.8. The van der Waals surface area contributed by atoms with E-state index in [2.05, 4.69) is 151 Å². The van der Waals surface area contributed by atoms with Crippen molar-refractivity contribution in [3.63, 3.8) is 0 Å². The van der Waals surface area contributed by atoms with E-state index in [4.69, 9.17) is 0 Å². The van der Waals surface area contributed by atoms with Gasteiger partial charge in [0.1, 0.15) is 0 Å². The van der Waals surface area contributed by atoms with Gasteiger partial charge in [0, 0.05) is 74.4 Å². The average molecular weight is 774 g/mol. The first-order valence-corrected chi connectivity index (χ1v) is 24.4. The summed E-state index contributed by atoms with van der Waals surface area (Å²) in [6, 6.07) is 9.33. The molecular weight excluding hydrogens is 671 g/mol. The highest BCUT2D eigenvalue weighted by atomic mass is 15.5. The minimum Gasteiger partial charge on any atom is -0.325 e. The van der Waals surface area contributed by atoms with E-state index in [0.29, 0.717) is 0 Å². The van der Waals surface area contributed by atoms with E-state index in [1.807, 2.05) is 0 Å². The van der Waals surface area contributed by atoms with Crippen molar-refractivity contribution in [2.75, 3.05) is 54.9 Å². The molecule has 2 aliphatic carbocycles. The van der Waals surface area contributed by atoms with E-state index in [1.54, 1.807) is 0 Å². The lowest BCUT2D eigenvalue weighted by molar-refractivity contribution is -0.988. The third kappa shape index (κ3) is 9.57. The molecule has 6 aliphatic heterocycles. The number of hydrogen-bond donors (Lipinski definition) is 0. The number of likely N-dealkylation sites (tertiary alicyclic amines) is 2. The van der Waals surface area contributed by atoms with Crippen molar-refractivity contribution in [3.05, 3.63) is 0 Å². The third-order valence-corrected chi connectivity index (χ3v) is 19.6. The average Bonchev–Trinajstić information content (AvgIpc) is 3.82. The summed E-state index contributed by atoms with van der Waals surface area (Å²) < 4.78 is 5.17. The summed E-state index contributed by atoms with van der Waals surface area (Å²) in [5, 5.41) is 0. The molecule has 6 saturated heterocycles. The summed E-state index contributed by atoms with van der Waals surface area (Å²) in [6.07, 6.45) is 11.9. The highest BCUT2D eigenvalue weighted by Crippen LogP contribution is 2.51. The van der Waals surface area contributed by atoms with Gasteiger partial charge in [-0.15, -0.1) is 0 Å². The summed E-state index contributed by atoms with van der Waals surface area (Å²) >= 11 is 0. The summed E-state index contributed by atoms with van der Waals surface area (Å²) in [7, 11) is 12.0. The van der Waals surface area contributed by atoms with Crippen LogP contribution in [-0.2, 0) is 0 Å². The molecule has 2 saturated carbocycles. The van der Waals surface area contributed by atoms with Crippen LogP contribution >= 0.6 is 0 Å². The minimum absolute atomic E-state index is 0.727. The summed E-state index contributed by atoms with van der Waals surface area (Å²) in [5.41, 5.74) is 0. The maximum atomic E-state index is 2.84. The smallest absolute Gasteiger partial charge is 0.0922 e. The van der Waals surface area contributed by atoms with Gasteiger partial charge in [0.15, 0.2) is 0 Å². The number of hydrogen-bond acceptors (Lipinski definition) is 1. The predicted molar refractivity (Wildman–Crippen MR) is 241 cm³/mol. The van der Waals surface area contributed by atoms with Crippen molar-refractivity contribution in [1.82, 2.24) is 4.90 Å². The molecule has 324 valence electrons. The summed E-state index contributed by atoms with van der Waals surface area (Å²) in [4.78, 5) is 2.84. The molecule has 0 N–H and O–H groups in total. The molecular formula is C50H103N5+4. The Morgan fingerprint density at radius 1 is 0.473 bits per heavy atom. The van der Waals surface area contributed by atoms with Crippen molar-refractivity contribution < 1.29 is 17.9 Å². The van der Waals surface area contributed by atoms with Crippen LogP contribution in [0.15, 0.2) is 0 Å². The topological polar surface area (TPSA) is 3.24 Å². The van der Waals surface area contributed by atoms with Gasteiger partial charge in [0.25, 0.3) is 0 Å². The number of piperidine rings is 5. The number of fused-ring (bicyclic) bond motifs is 3. The molecule has 0 aromatic carbocycles. The fourth-order valence-corrected chi connectivity index (χ4v) is 13.7. The Balaban J connectivity index is 0.000000167. The molecule has 5 heteroatoms. The van der Waals surface area contributed by atoms with E-state index in [-0.39, 0.29) is 0 Å². The molecule has 6 bridgehead atoms. The van der Waals surface area contributed by atoms with Crippen molar-refractivity contribution in [2.24, 2.45) is 41.4 Å². The van der Waals surface area contributed by atoms with Crippen LogP contribution in [0.4, 0.5) is 0 Å². The maximum absolute atomic E-state index is 2.84. The third-order valence-electron chi connectivity index (χ3n) is 19.6. The van der Waals surface area contributed by atoms with Gasteiger partial charge in [-0.3, -0.25) is 4.90 Å². The van der Waals surface area contributed by atoms with Crippen LogP contribution in [0.2, 0.25) is 0 Å². The lowest BCUT2D eigenvalue weighted by atomic mass is 9.70. The number of rotatable bonds is 8.